The second-order valence-corrected chi connectivity index (χ2v) is 19.0. The summed E-state index contributed by atoms with van der Waals surface area (Å²) in [5, 5.41) is 12.5. The third-order valence-electron chi connectivity index (χ3n) is 11.2. The van der Waals surface area contributed by atoms with Crippen molar-refractivity contribution < 1.29 is 37.1 Å². The fraction of sp³-hybridized carbons (Fsp3) is 0.561. The number of amides is 4. The smallest absolute Gasteiger partial charge is 0.408 e. The molecule has 2 aliphatic heterocycles. The Hall–Kier alpha value is -4.77. The van der Waals surface area contributed by atoms with E-state index in [1.807, 2.05) is 62.6 Å². The monoisotopic (exact) mass is 835 g/mol. The molecule has 2 aliphatic carbocycles. The zero-order chi connectivity index (χ0) is 41.2. The number of ether oxygens (including phenoxy) is 2. The summed E-state index contributed by atoms with van der Waals surface area (Å²) in [5.74, 6) is -1.86. The number of aryl methyl sites for hydroxylation is 1. The lowest BCUT2D eigenvalue weighted by molar-refractivity contribution is -0.141. The zero-order valence-corrected chi connectivity index (χ0v) is 35.0. The molecule has 4 aliphatic rings. The molecule has 1 saturated heterocycles. The quantitative estimate of drug-likeness (QED) is 0.203. The number of carbonyl (C=O) groups excluding carboxylic acids is 4. The summed E-state index contributed by atoms with van der Waals surface area (Å²) in [6.45, 7) is 6.05. The Kier molecular flexibility index (Phi) is 12.3. The van der Waals surface area contributed by atoms with Crippen molar-refractivity contribution in [3.63, 3.8) is 0 Å². The predicted octanol–water partition coefficient (Wildman–Crippen LogP) is 5.34. The maximum absolute atomic E-state index is 14.7. The Morgan fingerprint density at radius 1 is 1.02 bits per heavy atom. The van der Waals surface area contributed by atoms with Gasteiger partial charge in [-0.1, -0.05) is 31.1 Å². The maximum Gasteiger partial charge on any atom is 0.408 e. The number of hydrogen-bond acceptors (Lipinski definition) is 12. The number of anilines is 1. The van der Waals surface area contributed by atoms with Gasteiger partial charge in [0.2, 0.25) is 21.8 Å². The first-order chi connectivity index (χ1) is 27.7. The molecule has 2 aromatic heterocycles. The fourth-order valence-corrected chi connectivity index (χ4v) is 9.55. The average molecular weight is 836 g/mol. The highest BCUT2D eigenvalue weighted by atomic mass is 32.2. The Balaban J connectivity index is 1.21. The average Bonchev–Trinajstić information content (AvgIpc) is 3.58. The molecule has 58 heavy (non-hydrogen) atoms. The van der Waals surface area contributed by atoms with Crippen LogP contribution >= 0.6 is 11.3 Å². The van der Waals surface area contributed by atoms with Crippen molar-refractivity contribution >= 4 is 61.2 Å². The number of alkyl carbamates (subject to hydrolysis) is 1. The highest BCUT2D eigenvalue weighted by Gasteiger charge is 2.61. The summed E-state index contributed by atoms with van der Waals surface area (Å²) >= 11 is 1.47. The van der Waals surface area contributed by atoms with Crippen LogP contribution in [0.1, 0.15) is 90.0 Å². The van der Waals surface area contributed by atoms with E-state index in [0.29, 0.717) is 41.9 Å². The van der Waals surface area contributed by atoms with Gasteiger partial charge in [-0.05, 0) is 89.8 Å². The molecule has 1 aromatic carbocycles. The number of rotatable bonds is 9. The van der Waals surface area contributed by atoms with Gasteiger partial charge in [-0.3, -0.25) is 19.1 Å². The molecule has 0 radical (unpaired) electrons. The first-order valence-electron chi connectivity index (χ1n) is 20.3. The number of sulfonamides is 1. The minimum Gasteiger partial charge on any atom is -0.488 e. The van der Waals surface area contributed by atoms with Crippen LogP contribution in [-0.2, 0) is 29.1 Å². The van der Waals surface area contributed by atoms with E-state index in [1.165, 1.54) is 16.2 Å². The topological polar surface area (TPSA) is 198 Å². The van der Waals surface area contributed by atoms with Crippen LogP contribution in [0.3, 0.4) is 0 Å². The Labute approximate surface area is 343 Å². The van der Waals surface area contributed by atoms with Gasteiger partial charge in [0.05, 0.1) is 24.0 Å². The lowest BCUT2D eigenvalue weighted by Crippen LogP contribution is -2.58. The molecule has 7 rings (SSSR count). The summed E-state index contributed by atoms with van der Waals surface area (Å²) in [5.41, 5.74) is 1.44. The molecule has 17 heteroatoms. The van der Waals surface area contributed by atoms with Crippen molar-refractivity contribution in [2.75, 3.05) is 18.1 Å². The number of nitrogens with zero attached hydrogens (tertiary/aromatic N) is 3. The van der Waals surface area contributed by atoms with E-state index in [2.05, 4.69) is 20.7 Å². The van der Waals surface area contributed by atoms with E-state index in [0.717, 1.165) is 60.9 Å². The molecule has 4 amide bonds. The van der Waals surface area contributed by atoms with E-state index in [1.54, 1.807) is 0 Å². The number of allylic oxidation sites excluding steroid dienone is 1. The normalized spacial score (nSPS) is 26.2. The van der Waals surface area contributed by atoms with Gasteiger partial charge in [-0.15, -0.1) is 11.3 Å². The van der Waals surface area contributed by atoms with Crippen LogP contribution in [0.25, 0.3) is 22.3 Å². The summed E-state index contributed by atoms with van der Waals surface area (Å²) in [4.78, 5) is 67.0. The molecule has 3 aromatic rings. The van der Waals surface area contributed by atoms with Crippen molar-refractivity contribution in [2.24, 2.45) is 5.92 Å². The molecule has 0 spiro atoms. The first kappa shape index (κ1) is 41.4. The summed E-state index contributed by atoms with van der Waals surface area (Å²) in [6.07, 6.45) is 10.1. The van der Waals surface area contributed by atoms with Crippen LogP contribution in [0.4, 0.5) is 9.93 Å². The molecule has 3 fully saturated rings. The van der Waals surface area contributed by atoms with Crippen molar-refractivity contribution in [3.8, 4) is 17.1 Å². The van der Waals surface area contributed by atoms with Gasteiger partial charge in [-0.25, -0.2) is 23.2 Å². The minimum atomic E-state index is -3.94. The molecule has 1 unspecified atom stereocenters. The van der Waals surface area contributed by atoms with Crippen LogP contribution in [-0.4, -0.2) is 95.8 Å². The number of benzene rings is 1. The summed E-state index contributed by atoms with van der Waals surface area (Å²) in [6, 6.07) is 5.78. The maximum atomic E-state index is 14.7. The molecule has 0 bridgehead atoms. The minimum absolute atomic E-state index is 0.00279. The van der Waals surface area contributed by atoms with Crippen molar-refractivity contribution in [1.29, 1.82) is 0 Å². The van der Waals surface area contributed by atoms with Crippen LogP contribution in [0.5, 0.6) is 5.75 Å². The standard InChI is InChI=1S/C41H53N7O8S2/c1-24(2)42-39-44-33(23-57-39)32-20-35(29-17-16-25(3)18-31(29)43-32)55-28-19-34-36(49)46-41(38(51)47-58(4,53)54)21-26(41)12-8-6-5-7-9-15-30(37(50)48(34)22-28)45-40(52)56-27-13-10-11-14-27/h8,12,16-18,20,23-24,26-28,30,34H,5-7,9-11,13-15,19,21-22H2,1-4H3,(H,42,44)(H,45,52)(H,46,49)(H,47,51)/b12-8-/t26?,28-,30+,34+,41-/m1/s1. The number of nitrogens with one attached hydrogen (secondary N) is 4. The molecule has 4 N–H and O–H groups in total. The number of fused-ring (bicyclic) bond motifs is 3. The predicted molar refractivity (Wildman–Crippen MR) is 221 cm³/mol. The van der Waals surface area contributed by atoms with Gasteiger partial charge in [0.15, 0.2) is 5.13 Å². The van der Waals surface area contributed by atoms with Crippen molar-refractivity contribution in [1.82, 2.24) is 30.2 Å². The third-order valence-corrected chi connectivity index (χ3v) is 12.5. The molecular formula is C41H53N7O8S2. The van der Waals surface area contributed by atoms with E-state index in [4.69, 9.17) is 19.4 Å². The van der Waals surface area contributed by atoms with Crippen LogP contribution in [0, 0.1) is 12.8 Å². The third kappa shape index (κ3) is 9.73. The van der Waals surface area contributed by atoms with E-state index >= 15 is 0 Å². The highest BCUT2D eigenvalue weighted by molar-refractivity contribution is 7.89. The molecule has 4 heterocycles. The van der Waals surface area contributed by atoms with Gasteiger partial charge < -0.3 is 30.3 Å². The highest BCUT2D eigenvalue weighted by Crippen LogP contribution is 2.46. The Bertz CT molecular complexity index is 2190. The van der Waals surface area contributed by atoms with Gasteiger partial charge in [0, 0.05) is 35.2 Å². The van der Waals surface area contributed by atoms with Gasteiger partial charge in [0.1, 0.15) is 41.3 Å². The fourth-order valence-electron chi connectivity index (χ4n) is 8.18. The Morgan fingerprint density at radius 2 is 1.79 bits per heavy atom. The molecule has 5 atom stereocenters. The van der Waals surface area contributed by atoms with Crippen LogP contribution in [0.2, 0.25) is 0 Å². The lowest BCUT2D eigenvalue weighted by Gasteiger charge is -2.30. The number of pyridine rings is 1. The first-order valence-corrected chi connectivity index (χ1v) is 23.0. The van der Waals surface area contributed by atoms with E-state index in [9.17, 15) is 27.6 Å². The van der Waals surface area contributed by atoms with Crippen molar-refractivity contribution in [3.05, 3.63) is 47.4 Å². The summed E-state index contributed by atoms with van der Waals surface area (Å²) < 4.78 is 38.9. The van der Waals surface area contributed by atoms with Crippen LogP contribution in [0.15, 0.2) is 41.8 Å². The second kappa shape index (κ2) is 17.2. The number of carbonyl (C=O) groups is 4. The lowest BCUT2D eigenvalue weighted by atomic mass is 10.0. The van der Waals surface area contributed by atoms with Gasteiger partial charge >= 0.3 is 6.09 Å². The number of aromatic nitrogens is 2. The molecular weight excluding hydrogens is 783 g/mol. The second-order valence-electron chi connectivity index (χ2n) is 16.4. The number of hydrogen-bond donors (Lipinski definition) is 4. The van der Waals surface area contributed by atoms with Gasteiger partial charge in [-0.2, -0.15) is 0 Å². The van der Waals surface area contributed by atoms with Crippen LogP contribution < -0.4 is 25.4 Å². The SMILES string of the molecule is Cc1ccc2c(O[C@@H]3C[C@H]4C(=O)N[C@]5(C(=O)NS(C)(=O)=O)CC5/C=C\CCCCC[C@H](NC(=O)OC5CCCC5)C(=O)N4C3)cc(-c3csc(NC(C)C)n3)nc2c1. The molecule has 312 valence electrons. The van der Waals surface area contributed by atoms with E-state index in [-0.39, 0.29) is 31.5 Å². The number of thiazole rings is 1. The molecule has 2 saturated carbocycles. The van der Waals surface area contributed by atoms with Crippen molar-refractivity contribution in [2.45, 2.75) is 127 Å². The zero-order valence-electron chi connectivity index (χ0n) is 33.4. The van der Waals surface area contributed by atoms with E-state index < -0.39 is 63.5 Å². The molecule has 15 nitrogen and oxygen atoms in total. The Morgan fingerprint density at radius 3 is 2.55 bits per heavy atom. The van der Waals surface area contributed by atoms with Gasteiger partial charge in [0.25, 0.3) is 5.91 Å². The largest absolute Gasteiger partial charge is 0.488 e. The summed E-state index contributed by atoms with van der Waals surface area (Å²) in [7, 11) is -3.94.